The number of rotatable bonds is 3. The molecule has 114 valence electrons. The molecular weight excluding hydrogens is 274 g/mol. The lowest BCUT2D eigenvalue weighted by molar-refractivity contribution is -0.0303. The zero-order valence-electron chi connectivity index (χ0n) is 12.3. The quantitative estimate of drug-likeness (QED) is 0.854. The van der Waals surface area contributed by atoms with Crippen molar-refractivity contribution in [2.45, 2.75) is 32.6 Å². The maximum Gasteiger partial charge on any atom is 0.246 e. The Balaban J connectivity index is 2.14. The molecule has 1 aliphatic heterocycles. The van der Waals surface area contributed by atoms with Gasteiger partial charge in [-0.05, 0) is 13.3 Å². The fourth-order valence-corrected chi connectivity index (χ4v) is 2.87. The first-order valence-electron chi connectivity index (χ1n) is 6.87. The number of aliphatic hydroxyl groups excluding tert-OH is 1. The first-order chi connectivity index (χ1) is 10.0. The second-order valence-electron chi connectivity index (χ2n) is 5.34. The largest absolute Gasteiger partial charge is 0.479 e. The lowest BCUT2D eigenvalue weighted by Crippen LogP contribution is -2.17. The Bertz CT molecular complexity index is 671. The monoisotopic (exact) mass is 293 g/mol. The number of nitrogens with zero attached hydrogens (tertiary/aromatic N) is 4. The van der Waals surface area contributed by atoms with Crippen LogP contribution in [0, 0.1) is 12.8 Å². The average molecular weight is 293 g/mol. The van der Waals surface area contributed by atoms with Gasteiger partial charge in [0.25, 0.3) is 0 Å². The highest BCUT2D eigenvalue weighted by Gasteiger charge is 2.35. The Kier molecular flexibility index (Phi) is 3.42. The van der Waals surface area contributed by atoms with E-state index < -0.39 is 0 Å². The number of imidazole rings is 1. The lowest BCUT2D eigenvalue weighted by atomic mass is 10.1. The molecule has 3 rings (SSSR count). The second-order valence-corrected chi connectivity index (χ2v) is 5.34. The standard InChI is InChI=1S/C13H19N5O3/c1-6-4-8(5-19)21-12(6)18-7(2)15-9-10(18)16-13(14)17-11(9)20-3/h6,8,12,19H,4-5H2,1-3H3,(H2,14,16,17). The summed E-state index contributed by atoms with van der Waals surface area (Å²) in [4.78, 5) is 12.8. The molecule has 8 heteroatoms. The SMILES string of the molecule is COc1nc(N)nc2c1nc(C)n2C1OC(CO)CC1C. The molecule has 0 bridgehead atoms. The van der Waals surface area contributed by atoms with Crippen LogP contribution in [0.15, 0.2) is 0 Å². The summed E-state index contributed by atoms with van der Waals surface area (Å²) in [5.41, 5.74) is 6.89. The first kappa shape index (κ1) is 14.0. The van der Waals surface area contributed by atoms with E-state index in [2.05, 4.69) is 21.9 Å². The number of hydrogen-bond donors (Lipinski definition) is 2. The molecule has 0 aromatic carbocycles. The highest BCUT2D eigenvalue weighted by Crippen LogP contribution is 2.37. The predicted octanol–water partition coefficient (Wildman–Crippen LogP) is 0.641. The maximum atomic E-state index is 9.29. The summed E-state index contributed by atoms with van der Waals surface area (Å²) in [5.74, 6) is 1.47. The minimum atomic E-state index is -0.230. The normalized spacial score (nSPS) is 25.6. The van der Waals surface area contributed by atoms with Gasteiger partial charge in [-0.15, -0.1) is 0 Å². The smallest absolute Gasteiger partial charge is 0.246 e. The third kappa shape index (κ3) is 2.20. The summed E-state index contributed by atoms with van der Waals surface area (Å²) >= 11 is 0. The van der Waals surface area contributed by atoms with Crippen molar-refractivity contribution in [1.29, 1.82) is 0 Å². The van der Waals surface area contributed by atoms with E-state index >= 15 is 0 Å². The number of hydrogen-bond acceptors (Lipinski definition) is 7. The number of methoxy groups -OCH3 is 1. The highest BCUT2D eigenvalue weighted by atomic mass is 16.5. The van der Waals surface area contributed by atoms with E-state index in [1.165, 1.54) is 7.11 Å². The Morgan fingerprint density at radius 1 is 1.43 bits per heavy atom. The van der Waals surface area contributed by atoms with E-state index in [1.54, 1.807) is 0 Å². The second kappa shape index (κ2) is 5.12. The number of aryl methyl sites for hydroxylation is 1. The van der Waals surface area contributed by atoms with Crippen LogP contribution in [-0.2, 0) is 4.74 Å². The molecule has 1 fully saturated rings. The zero-order valence-corrected chi connectivity index (χ0v) is 12.3. The molecule has 3 atom stereocenters. The molecule has 1 saturated heterocycles. The van der Waals surface area contributed by atoms with E-state index in [0.29, 0.717) is 17.0 Å². The molecule has 2 aromatic rings. The van der Waals surface area contributed by atoms with Crippen molar-refractivity contribution in [3.05, 3.63) is 5.82 Å². The third-order valence-corrected chi connectivity index (χ3v) is 3.81. The Labute approximate surface area is 121 Å². The van der Waals surface area contributed by atoms with Crippen LogP contribution >= 0.6 is 0 Å². The Morgan fingerprint density at radius 3 is 2.81 bits per heavy atom. The van der Waals surface area contributed by atoms with Crippen molar-refractivity contribution in [1.82, 2.24) is 19.5 Å². The van der Waals surface area contributed by atoms with Crippen LogP contribution in [0.3, 0.4) is 0 Å². The molecule has 3 unspecified atom stereocenters. The number of nitrogens with two attached hydrogens (primary N) is 1. The molecular formula is C13H19N5O3. The van der Waals surface area contributed by atoms with Crippen LogP contribution in [0.2, 0.25) is 0 Å². The number of fused-ring (bicyclic) bond motifs is 1. The molecule has 2 aromatic heterocycles. The number of nitrogen functional groups attached to an aromatic ring is 1. The van der Waals surface area contributed by atoms with Gasteiger partial charge in [0.2, 0.25) is 11.8 Å². The van der Waals surface area contributed by atoms with E-state index in [4.69, 9.17) is 15.2 Å². The maximum absolute atomic E-state index is 9.29. The lowest BCUT2D eigenvalue weighted by Gasteiger charge is -2.19. The highest BCUT2D eigenvalue weighted by molar-refractivity contribution is 5.78. The summed E-state index contributed by atoms with van der Waals surface area (Å²) in [6.45, 7) is 3.96. The minimum absolute atomic E-state index is 0.00691. The predicted molar refractivity (Wildman–Crippen MR) is 75.8 cm³/mol. The van der Waals surface area contributed by atoms with Gasteiger partial charge in [0.05, 0.1) is 19.8 Å². The van der Waals surface area contributed by atoms with E-state index in [9.17, 15) is 5.11 Å². The van der Waals surface area contributed by atoms with Crippen molar-refractivity contribution < 1.29 is 14.6 Å². The summed E-state index contributed by atoms with van der Waals surface area (Å²) in [7, 11) is 1.52. The molecule has 0 amide bonds. The van der Waals surface area contributed by atoms with Gasteiger partial charge in [0.15, 0.2) is 11.2 Å². The Hall–Kier alpha value is -1.93. The summed E-state index contributed by atoms with van der Waals surface area (Å²) in [6, 6.07) is 0. The average Bonchev–Trinajstić information content (AvgIpc) is 2.97. The van der Waals surface area contributed by atoms with Gasteiger partial charge >= 0.3 is 0 Å². The van der Waals surface area contributed by atoms with Gasteiger partial charge in [-0.2, -0.15) is 9.97 Å². The van der Waals surface area contributed by atoms with Crippen LogP contribution in [0.5, 0.6) is 5.88 Å². The molecule has 21 heavy (non-hydrogen) atoms. The number of aliphatic hydroxyl groups is 1. The van der Waals surface area contributed by atoms with Gasteiger partial charge in [0, 0.05) is 5.92 Å². The zero-order chi connectivity index (χ0) is 15.1. The molecule has 0 spiro atoms. The van der Waals surface area contributed by atoms with Crippen LogP contribution in [-0.4, -0.2) is 44.4 Å². The van der Waals surface area contributed by atoms with Crippen LogP contribution in [0.4, 0.5) is 5.95 Å². The van der Waals surface area contributed by atoms with Crippen LogP contribution < -0.4 is 10.5 Å². The topological polar surface area (TPSA) is 108 Å². The van der Waals surface area contributed by atoms with E-state index in [0.717, 1.165) is 12.2 Å². The van der Waals surface area contributed by atoms with Gasteiger partial charge in [-0.1, -0.05) is 6.92 Å². The van der Waals surface area contributed by atoms with Crippen molar-refractivity contribution in [2.75, 3.05) is 19.5 Å². The molecule has 3 N–H and O–H groups in total. The molecule has 0 radical (unpaired) electrons. The number of anilines is 1. The summed E-state index contributed by atoms with van der Waals surface area (Å²) < 4.78 is 13.0. The van der Waals surface area contributed by atoms with Crippen LogP contribution in [0.1, 0.15) is 25.4 Å². The van der Waals surface area contributed by atoms with Crippen LogP contribution in [0.25, 0.3) is 11.2 Å². The molecule has 1 aliphatic rings. The molecule has 0 saturated carbocycles. The molecule has 3 heterocycles. The summed E-state index contributed by atoms with van der Waals surface area (Å²) in [6.07, 6.45) is 0.395. The van der Waals surface area contributed by atoms with Gasteiger partial charge < -0.3 is 20.3 Å². The number of ether oxygens (including phenoxy) is 2. The van der Waals surface area contributed by atoms with E-state index in [-0.39, 0.29) is 30.8 Å². The van der Waals surface area contributed by atoms with Crippen molar-refractivity contribution in [3.63, 3.8) is 0 Å². The van der Waals surface area contributed by atoms with Crippen molar-refractivity contribution >= 4 is 17.1 Å². The van der Waals surface area contributed by atoms with Gasteiger partial charge in [0.1, 0.15) is 12.1 Å². The number of aromatic nitrogens is 4. The fraction of sp³-hybridized carbons (Fsp3) is 0.615. The third-order valence-electron chi connectivity index (χ3n) is 3.81. The van der Waals surface area contributed by atoms with Crippen molar-refractivity contribution in [2.24, 2.45) is 5.92 Å². The Morgan fingerprint density at radius 2 is 2.19 bits per heavy atom. The first-order valence-corrected chi connectivity index (χ1v) is 6.87. The molecule has 0 aliphatic carbocycles. The van der Waals surface area contributed by atoms with Gasteiger partial charge in [-0.3, -0.25) is 4.57 Å². The summed E-state index contributed by atoms with van der Waals surface area (Å²) in [5, 5.41) is 9.29. The van der Waals surface area contributed by atoms with Gasteiger partial charge in [-0.25, -0.2) is 4.98 Å². The minimum Gasteiger partial charge on any atom is -0.479 e. The fourth-order valence-electron chi connectivity index (χ4n) is 2.87. The van der Waals surface area contributed by atoms with Crippen molar-refractivity contribution in [3.8, 4) is 5.88 Å². The van der Waals surface area contributed by atoms with E-state index in [1.807, 2.05) is 11.5 Å². The molecule has 8 nitrogen and oxygen atoms in total.